The van der Waals surface area contributed by atoms with Crippen molar-refractivity contribution < 1.29 is 4.74 Å². The summed E-state index contributed by atoms with van der Waals surface area (Å²) in [6, 6.07) is 14.9. The Balaban J connectivity index is 1.15. The highest BCUT2D eigenvalue weighted by Gasteiger charge is 2.15. The maximum Gasteiger partial charge on any atom is 0.128 e. The lowest BCUT2D eigenvalue weighted by Crippen LogP contribution is -2.30. The Morgan fingerprint density at radius 2 is 2.00 bits per heavy atom. The minimum absolute atomic E-state index is 0.749. The molecule has 0 radical (unpaired) electrons. The normalized spacial score (nSPS) is 15.1. The maximum absolute atomic E-state index is 6.04. The molecule has 2 aromatic carbocycles. The Hall–Kier alpha value is -2.98. The zero-order chi connectivity index (χ0) is 19.6. The zero-order valence-electron chi connectivity index (χ0n) is 16.9. The van der Waals surface area contributed by atoms with Crippen molar-refractivity contribution in [2.75, 3.05) is 26.2 Å². The van der Waals surface area contributed by atoms with Gasteiger partial charge in [-0.3, -0.25) is 4.90 Å². The van der Waals surface area contributed by atoms with Gasteiger partial charge in [0.2, 0.25) is 0 Å². The quantitative estimate of drug-likeness (QED) is 0.430. The van der Waals surface area contributed by atoms with Gasteiger partial charge in [0, 0.05) is 59.4 Å². The first kappa shape index (κ1) is 18.1. The van der Waals surface area contributed by atoms with E-state index in [0.717, 1.165) is 55.7 Å². The van der Waals surface area contributed by atoms with Crippen molar-refractivity contribution in [3.8, 4) is 5.75 Å². The van der Waals surface area contributed by atoms with E-state index in [0.29, 0.717) is 0 Å². The van der Waals surface area contributed by atoms with Crippen molar-refractivity contribution in [1.82, 2.24) is 14.9 Å². The molecule has 3 heterocycles. The summed E-state index contributed by atoms with van der Waals surface area (Å²) in [6.07, 6.45) is 8.67. The summed E-state index contributed by atoms with van der Waals surface area (Å²) in [6.45, 7) is 6.08. The topological polar surface area (TPSA) is 44.0 Å². The molecule has 0 bridgehead atoms. The number of hydrogen-bond acceptors (Lipinski definition) is 2. The fourth-order valence-corrected chi connectivity index (χ4v) is 4.32. The highest BCUT2D eigenvalue weighted by molar-refractivity contribution is 5.93. The molecule has 0 atom stereocenters. The summed E-state index contributed by atoms with van der Waals surface area (Å²) in [5.74, 6) is 0.971. The van der Waals surface area contributed by atoms with Gasteiger partial charge in [0.1, 0.15) is 5.75 Å². The Labute approximate surface area is 171 Å². The van der Waals surface area contributed by atoms with Crippen LogP contribution in [0, 0.1) is 6.92 Å². The molecule has 0 saturated carbocycles. The first-order chi connectivity index (χ1) is 14.3. The Morgan fingerprint density at radius 3 is 2.90 bits per heavy atom. The van der Waals surface area contributed by atoms with E-state index in [1.165, 1.54) is 27.6 Å². The molecule has 0 fully saturated rings. The second kappa shape index (κ2) is 7.80. The molecule has 2 aromatic heterocycles. The SMILES string of the molecule is Cc1ccc2c(C3=CCN(CCCOc4cccc5[nH]ccc45)CC3)c[nH]c2c1. The molecule has 0 unspecified atom stereocenters. The highest BCUT2D eigenvalue weighted by atomic mass is 16.5. The van der Waals surface area contributed by atoms with Crippen LogP contribution in [0.5, 0.6) is 5.75 Å². The predicted octanol–water partition coefficient (Wildman–Crippen LogP) is 5.52. The number of hydrogen-bond donors (Lipinski definition) is 2. The molecule has 0 spiro atoms. The van der Waals surface area contributed by atoms with E-state index >= 15 is 0 Å². The van der Waals surface area contributed by atoms with E-state index in [2.05, 4.69) is 70.5 Å². The van der Waals surface area contributed by atoms with Gasteiger partial charge in [-0.1, -0.05) is 24.3 Å². The van der Waals surface area contributed by atoms with Crippen LogP contribution >= 0.6 is 0 Å². The van der Waals surface area contributed by atoms with Crippen molar-refractivity contribution in [2.24, 2.45) is 0 Å². The number of fused-ring (bicyclic) bond motifs is 2. The van der Waals surface area contributed by atoms with Gasteiger partial charge in [0.05, 0.1) is 6.61 Å². The van der Waals surface area contributed by atoms with E-state index in [4.69, 9.17) is 4.74 Å². The van der Waals surface area contributed by atoms with Crippen LogP contribution in [-0.4, -0.2) is 41.1 Å². The molecular weight excluding hydrogens is 358 g/mol. The first-order valence-electron chi connectivity index (χ1n) is 10.5. The van der Waals surface area contributed by atoms with Gasteiger partial charge in [0.15, 0.2) is 0 Å². The largest absolute Gasteiger partial charge is 0.493 e. The third-order valence-corrected chi connectivity index (χ3v) is 5.91. The van der Waals surface area contributed by atoms with Crippen LogP contribution in [0.2, 0.25) is 0 Å². The van der Waals surface area contributed by atoms with E-state index in [1.54, 1.807) is 0 Å². The Morgan fingerprint density at radius 1 is 1.03 bits per heavy atom. The van der Waals surface area contributed by atoms with Gasteiger partial charge in [0.25, 0.3) is 0 Å². The zero-order valence-corrected chi connectivity index (χ0v) is 16.9. The summed E-state index contributed by atoms with van der Waals surface area (Å²) in [5.41, 5.74) is 6.49. The third kappa shape index (κ3) is 3.68. The van der Waals surface area contributed by atoms with E-state index in [1.807, 2.05) is 12.3 Å². The van der Waals surface area contributed by atoms with Crippen molar-refractivity contribution in [2.45, 2.75) is 19.8 Å². The smallest absolute Gasteiger partial charge is 0.128 e. The van der Waals surface area contributed by atoms with Crippen molar-refractivity contribution in [1.29, 1.82) is 0 Å². The fourth-order valence-electron chi connectivity index (χ4n) is 4.32. The van der Waals surface area contributed by atoms with Crippen molar-refractivity contribution in [3.63, 3.8) is 0 Å². The molecule has 29 heavy (non-hydrogen) atoms. The van der Waals surface area contributed by atoms with Gasteiger partial charge in [-0.25, -0.2) is 0 Å². The minimum atomic E-state index is 0.749. The third-order valence-electron chi connectivity index (χ3n) is 5.91. The van der Waals surface area contributed by atoms with Crippen LogP contribution in [-0.2, 0) is 0 Å². The van der Waals surface area contributed by atoms with Gasteiger partial charge in [-0.2, -0.15) is 0 Å². The molecule has 4 heteroatoms. The Bertz CT molecular complexity index is 1170. The average molecular weight is 386 g/mol. The van der Waals surface area contributed by atoms with Crippen LogP contribution in [0.4, 0.5) is 0 Å². The number of ether oxygens (including phenoxy) is 1. The lowest BCUT2D eigenvalue weighted by molar-refractivity contribution is 0.250. The molecule has 1 aliphatic heterocycles. The molecule has 5 rings (SSSR count). The van der Waals surface area contributed by atoms with Crippen LogP contribution in [0.15, 0.2) is 60.9 Å². The second-order valence-electron chi connectivity index (χ2n) is 7.93. The second-order valence-corrected chi connectivity index (χ2v) is 7.93. The number of aromatic nitrogens is 2. The summed E-state index contributed by atoms with van der Waals surface area (Å²) in [5, 5.41) is 2.50. The number of H-pyrrole nitrogens is 2. The summed E-state index contributed by atoms with van der Waals surface area (Å²) in [4.78, 5) is 9.18. The van der Waals surface area contributed by atoms with Crippen LogP contribution < -0.4 is 4.74 Å². The molecule has 148 valence electrons. The van der Waals surface area contributed by atoms with Gasteiger partial charge in [-0.05, 0) is 55.2 Å². The van der Waals surface area contributed by atoms with Crippen molar-refractivity contribution in [3.05, 3.63) is 72.1 Å². The number of aryl methyl sites for hydroxylation is 1. The number of nitrogens with zero attached hydrogens (tertiary/aromatic N) is 1. The van der Waals surface area contributed by atoms with Crippen molar-refractivity contribution >= 4 is 27.4 Å². The first-order valence-corrected chi connectivity index (χ1v) is 10.5. The monoisotopic (exact) mass is 385 g/mol. The maximum atomic E-state index is 6.04. The van der Waals surface area contributed by atoms with E-state index in [-0.39, 0.29) is 0 Å². The highest BCUT2D eigenvalue weighted by Crippen LogP contribution is 2.30. The predicted molar refractivity (Wildman–Crippen MR) is 120 cm³/mol. The summed E-state index contributed by atoms with van der Waals surface area (Å²) in [7, 11) is 0. The lowest BCUT2D eigenvalue weighted by Gasteiger charge is -2.26. The molecule has 0 saturated heterocycles. The standard InChI is InChI=1S/C25H27N3O/c1-18-6-7-20-22(17-27-24(20)16-18)19-9-13-28(14-10-19)12-3-15-29-25-5-2-4-23-21(25)8-11-26-23/h2,4-9,11,16-17,26-27H,3,10,12-15H2,1H3. The molecule has 2 N–H and O–H groups in total. The molecular formula is C25H27N3O. The van der Waals surface area contributed by atoms with E-state index in [9.17, 15) is 0 Å². The molecule has 4 nitrogen and oxygen atoms in total. The van der Waals surface area contributed by atoms with Crippen LogP contribution in [0.3, 0.4) is 0 Å². The fraction of sp³-hybridized carbons (Fsp3) is 0.280. The molecule has 1 aliphatic rings. The number of benzene rings is 2. The lowest BCUT2D eigenvalue weighted by atomic mass is 9.98. The number of rotatable bonds is 6. The number of aromatic amines is 2. The minimum Gasteiger partial charge on any atom is -0.493 e. The van der Waals surface area contributed by atoms with E-state index < -0.39 is 0 Å². The molecule has 0 amide bonds. The van der Waals surface area contributed by atoms with Gasteiger partial charge < -0.3 is 14.7 Å². The summed E-state index contributed by atoms with van der Waals surface area (Å²) >= 11 is 0. The number of nitrogens with one attached hydrogen (secondary N) is 2. The molecule has 0 aliphatic carbocycles. The Kier molecular flexibility index (Phi) is 4.86. The van der Waals surface area contributed by atoms with Gasteiger partial charge >= 0.3 is 0 Å². The van der Waals surface area contributed by atoms with Crippen LogP contribution in [0.1, 0.15) is 24.0 Å². The van der Waals surface area contributed by atoms with Crippen LogP contribution in [0.25, 0.3) is 27.4 Å². The summed E-state index contributed by atoms with van der Waals surface area (Å²) < 4.78 is 6.04. The van der Waals surface area contributed by atoms with Gasteiger partial charge in [-0.15, -0.1) is 0 Å². The molecule has 4 aromatic rings. The average Bonchev–Trinajstić information content (AvgIpc) is 3.38.